The second-order valence-electron chi connectivity index (χ2n) is 3.83. The fraction of sp³-hybridized carbons (Fsp3) is 0.100. The number of nitrogens with one attached hydrogen (secondary N) is 1. The third-order valence-electron chi connectivity index (χ3n) is 2.37. The Morgan fingerprint density at radius 3 is 2.70 bits per heavy atom. The van der Waals surface area contributed by atoms with Crippen LogP contribution in [0.4, 0.5) is 5.69 Å². The number of hydrogen-bond donors (Lipinski definition) is 2. The van der Waals surface area contributed by atoms with E-state index in [2.05, 4.69) is 14.9 Å². The summed E-state index contributed by atoms with van der Waals surface area (Å²) in [5.74, 6) is -0.467. The summed E-state index contributed by atoms with van der Waals surface area (Å²) >= 11 is 6.85. The van der Waals surface area contributed by atoms with Crippen molar-refractivity contribution in [2.24, 2.45) is 5.14 Å². The van der Waals surface area contributed by atoms with Crippen LogP contribution < -0.4 is 10.5 Å². The monoisotopic (exact) mass is 332 g/mol. The number of hydrogen-bond acceptors (Lipinski definition) is 6. The Morgan fingerprint density at radius 2 is 2.15 bits per heavy atom. The van der Waals surface area contributed by atoms with Gasteiger partial charge in [-0.3, -0.25) is 4.79 Å². The highest BCUT2D eigenvalue weighted by Gasteiger charge is 2.16. The lowest BCUT2D eigenvalue weighted by Crippen LogP contribution is -2.15. The molecule has 0 aliphatic carbocycles. The molecule has 0 atom stereocenters. The number of nitrogens with two attached hydrogens (primary N) is 1. The maximum atomic E-state index is 12.0. The van der Waals surface area contributed by atoms with Gasteiger partial charge in [-0.25, -0.2) is 13.6 Å². The molecule has 106 valence electrons. The van der Waals surface area contributed by atoms with E-state index < -0.39 is 15.9 Å². The average molecular weight is 333 g/mol. The molecule has 3 N–H and O–H groups in total. The summed E-state index contributed by atoms with van der Waals surface area (Å²) in [5, 5.41) is 11.4. The number of rotatable bonds is 3. The molecule has 1 aromatic heterocycles. The molecule has 1 amide bonds. The molecule has 0 bridgehead atoms. The van der Waals surface area contributed by atoms with Gasteiger partial charge in [0.2, 0.25) is 10.0 Å². The van der Waals surface area contributed by atoms with Gasteiger partial charge in [0.1, 0.15) is 4.88 Å². The predicted octanol–water partition coefficient (Wildman–Crippen LogP) is 1.40. The Morgan fingerprint density at radius 1 is 1.45 bits per heavy atom. The van der Waals surface area contributed by atoms with Gasteiger partial charge in [0, 0.05) is 0 Å². The SMILES string of the molecule is Cc1nnsc1C(=O)Nc1cc(S(N)(=O)=O)ccc1Cl. The molecule has 0 saturated heterocycles. The zero-order chi connectivity index (χ0) is 14.9. The number of primary sulfonamides is 1. The molecule has 0 aliphatic heterocycles. The number of aromatic nitrogens is 2. The minimum absolute atomic E-state index is 0.142. The topological polar surface area (TPSA) is 115 Å². The Balaban J connectivity index is 2.34. The maximum Gasteiger partial charge on any atom is 0.269 e. The molecule has 0 spiro atoms. The second kappa shape index (κ2) is 5.44. The lowest BCUT2D eigenvalue weighted by molar-refractivity contribution is 0.102. The molecule has 7 nitrogen and oxygen atoms in total. The Bertz CT molecular complexity index is 773. The van der Waals surface area contributed by atoms with Crippen LogP contribution in [0.15, 0.2) is 23.1 Å². The van der Waals surface area contributed by atoms with Gasteiger partial charge in [0.25, 0.3) is 5.91 Å². The van der Waals surface area contributed by atoms with Gasteiger partial charge in [0.15, 0.2) is 0 Å². The van der Waals surface area contributed by atoms with Crippen LogP contribution in [-0.2, 0) is 10.0 Å². The first kappa shape index (κ1) is 14.9. The van der Waals surface area contributed by atoms with Gasteiger partial charge in [-0.15, -0.1) is 5.10 Å². The number of benzene rings is 1. The summed E-state index contributed by atoms with van der Waals surface area (Å²) in [6.07, 6.45) is 0. The minimum Gasteiger partial charge on any atom is -0.320 e. The summed E-state index contributed by atoms with van der Waals surface area (Å²) in [6.45, 7) is 1.64. The Labute approximate surface area is 124 Å². The van der Waals surface area contributed by atoms with Crippen LogP contribution in [0, 0.1) is 6.92 Å². The van der Waals surface area contributed by atoms with E-state index in [9.17, 15) is 13.2 Å². The van der Waals surface area contributed by atoms with Crippen molar-refractivity contribution in [3.63, 3.8) is 0 Å². The Kier molecular flexibility index (Phi) is 4.04. The molecule has 0 unspecified atom stereocenters. The maximum absolute atomic E-state index is 12.0. The van der Waals surface area contributed by atoms with Crippen molar-refractivity contribution in [3.8, 4) is 0 Å². The molecule has 10 heteroatoms. The lowest BCUT2D eigenvalue weighted by Gasteiger charge is -2.08. The van der Waals surface area contributed by atoms with Crippen molar-refractivity contribution in [2.45, 2.75) is 11.8 Å². The molecule has 1 aromatic carbocycles. The van der Waals surface area contributed by atoms with Gasteiger partial charge >= 0.3 is 0 Å². The number of nitrogens with zero attached hydrogens (tertiary/aromatic N) is 2. The van der Waals surface area contributed by atoms with Gasteiger partial charge in [-0.05, 0) is 36.7 Å². The van der Waals surface area contributed by atoms with Crippen LogP contribution >= 0.6 is 23.1 Å². The van der Waals surface area contributed by atoms with Gasteiger partial charge < -0.3 is 5.32 Å². The normalized spacial score (nSPS) is 11.3. The van der Waals surface area contributed by atoms with Crippen LogP contribution in [0.1, 0.15) is 15.4 Å². The van der Waals surface area contributed by atoms with E-state index in [1.54, 1.807) is 6.92 Å². The number of halogens is 1. The fourth-order valence-corrected chi connectivity index (χ4v) is 2.65. The Hall–Kier alpha value is -1.55. The highest BCUT2D eigenvalue weighted by Crippen LogP contribution is 2.25. The molecule has 2 aromatic rings. The van der Waals surface area contributed by atoms with Crippen molar-refractivity contribution >= 4 is 44.8 Å². The smallest absolute Gasteiger partial charge is 0.269 e. The van der Waals surface area contributed by atoms with Gasteiger partial charge in [-0.2, -0.15) is 0 Å². The predicted molar refractivity (Wildman–Crippen MR) is 75.4 cm³/mol. The van der Waals surface area contributed by atoms with Crippen LogP contribution in [0.3, 0.4) is 0 Å². The average Bonchev–Trinajstić information content (AvgIpc) is 2.77. The third kappa shape index (κ3) is 3.12. The lowest BCUT2D eigenvalue weighted by atomic mass is 10.3. The summed E-state index contributed by atoms with van der Waals surface area (Å²) in [7, 11) is -3.87. The first-order valence-electron chi connectivity index (χ1n) is 5.21. The highest BCUT2D eigenvalue weighted by atomic mass is 35.5. The van der Waals surface area contributed by atoms with Crippen LogP contribution in [0.5, 0.6) is 0 Å². The summed E-state index contributed by atoms with van der Waals surface area (Å²) in [4.78, 5) is 12.2. The molecule has 2 rings (SSSR count). The molecule has 0 fully saturated rings. The van der Waals surface area contributed by atoms with Crippen molar-refractivity contribution in [2.75, 3.05) is 5.32 Å². The second-order valence-corrected chi connectivity index (χ2v) is 6.55. The molecular formula is C10H9ClN4O3S2. The first-order valence-corrected chi connectivity index (χ1v) is 7.91. The fourth-order valence-electron chi connectivity index (χ4n) is 1.40. The number of sulfonamides is 1. The van der Waals surface area contributed by atoms with Crippen molar-refractivity contribution in [1.82, 2.24) is 9.59 Å². The van der Waals surface area contributed by atoms with E-state index >= 15 is 0 Å². The van der Waals surface area contributed by atoms with E-state index in [0.717, 1.165) is 11.5 Å². The highest BCUT2D eigenvalue weighted by molar-refractivity contribution is 7.89. The quantitative estimate of drug-likeness (QED) is 0.881. The van der Waals surface area contributed by atoms with Crippen LogP contribution in [0.25, 0.3) is 0 Å². The summed E-state index contributed by atoms with van der Waals surface area (Å²) in [6, 6.07) is 3.79. The molecular weight excluding hydrogens is 324 g/mol. The number of carbonyl (C=O) groups excluding carboxylic acids is 1. The van der Waals surface area contributed by atoms with E-state index in [0.29, 0.717) is 10.6 Å². The summed E-state index contributed by atoms with van der Waals surface area (Å²) in [5.41, 5.74) is 0.627. The summed E-state index contributed by atoms with van der Waals surface area (Å²) < 4.78 is 26.2. The van der Waals surface area contributed by atoms with Crippen molar-refractivity contribution in [3.05, 3.63) is 33.8 Å². The van der Waals surface area contributed by atoms with E-state index in [-0.39, 0.29) is 15.6 Å². The van der Waals surface area contributed by atoms with E-state index in [4.69, 9.17) is 16.7 Å². The molecule has 0 radical (unpaired) electrons. The van der Waals surface area contributed by atoms with E-state index in [1.165, 1.54) is 18.2 Å². The number of carbonyl (C=O) groups is 1. The minimum atomic E-state index is -3.87. The molecule has 0 saturated carbocycles. The van der Waals surface area contributed by atoms with Crippen molar-refractivity contribution in [1.29, 1.82) is 0 Å². The zero-order valence-electron chi connectivity index (χ0n) is 10.1. The number of amides is 1. The molecule has 20 heavy (non-hydrogen) atoms. The number of aryl methyl sites for hydroxylation is 1. The van der Waals surface area contributed by atoms with Crippen LogP contribution in [-0.4, -0.2) is 23.9 Å². The van der Waals surface area contributed by atoms with Gasteiger partial charge in [-0.1, -0.05) is 16.1 Å². The number of anilines is 1. The standard InChI is InChI=1S/C10H9ClN4O3S2/c1-5-9(19-15-14-5)10(16)13-8-4-6(20(12,17)18)2-3-7(8)11/h2-4H,1H3,(H,13,16)(H2,12,17,18). The van der Waals surface area contributed by atoms with Crippen LogP contribution in [0.2, 0.25) is 5.02 Å². The first-order chi connectivity index (χ1) is 9.29. The largest absolute Gasteiger partial charge is 0.320 e. The molecule has 1 heterocycles. The van der Waals surface area contributed by atoms with E-state index in [1.807, 2.05) is 0 Å². The van der Waals surface area contributed by atoms with Gasteiger partial charge in [0.05, 0.1) is 21.3 Å². The third-order valence-corrected chi connectivity index (χ3v) is 4.44. The zero-order valence-corrected chi connectivity index (χ0v) is 12.5. The van der Waals surface area contributed by atoms with Crippen molar-refractivity contribution < 1.29 is 13.2 Å². The molecule has 0 aliphatic rings.